The highest BCUT2D eigenvalue weighted by atomic mass is 35.5. The zero-order valence-electron chi connectivity index (χ0n) is 20.3. The Morgan fingerprint density at radius 1 is 1.02 bits per heavy atom. The Balaban J connectivity index is 1.46. The quantitative estimate of drug-likeness (QED) is 0.166. The third-order valence-corrected chi connectivity index (χ3v) is 7.90. The average Bonchev–Trinajstić information content (AvgIpc) is 3.39. The van der Waals surface area contributed by atoms with Gasteiger partial charge in [-0.25, -0.2) is 14.4 Å². The number of terminal acetylenes is 1. The zero-order chi connectivity index (χ0) is 28.6. The molecule has 1 aliphatic heterocycles. The van der Waals surface area contributed by atoms with Gasteiger partial charge in [-0.3, -0.25) is 4.57 Å². The van der Waals surface area contributed by atoms with Crippen molar-refractivity contribution in [2.45, 2.75) is 37.3 Å². The molecule has 40 heavy (non-hydrogen) atoms. The molecule has 1 fully saturated rings. The molecule has 0 unspecified atom stereocenters. The van der Waals surface area contributed by atoms with E-state index in [0.717, 1.165) is 12.5 Å². The molecule has 1 aliphatic rings. The maximum Gasteiger partial charge on any atom is 0.199 e. The molecule has 1 N–H and O–H groups in total. The van der Waals surface area contributed by atoms with Crippen LogP contribution >= 0.6 is 58.0 Å². The molecule has 3 heterocycles. The van der Waals surface area contributed by atoms with Gasteiger partial charge in [0.1, 0.15) is 29.3 Å². The van der Waals surface area contributed by atoms with Crippen LogP contribution in [0.5, 0.6) is 0 Å². The highest BCUT2D eigenvalue weighted by molar-refractivity contribution is 6.35. The van der Waals surface area contributed by atoms with Crippen LogP contribution in [0.15, 0.2) is 48.9 Å². The van der Waals surface area contributed by atoms with Crippen molar-refractivity contribution in [3.05, 3.63) is 91.1 Å². The molecule has 0 amide bonds. The Morgan fingerprint density at radius 2 is 1.68 bits per heavy atom. The summed E-state index contributed by atoms with van der Waals surface area (Å²) >= 11 is 30.7. The number of aromatic nitrogens is 3. The van der Waals surface area contributed by atoms with Gasteiger partial charge >= 0.3 is 0 Å². The summed E-state index contributed by atoms with van der Waals surface area (Å²) in [6.45, 7) is -0.0143. The Labute approximate surface area is 253 Å². The van der Waals surface area contributed by atoms with E-state index in [1.807, 2.05) is 0 Å². The number of nitrogens with zero attached hydrogens (tertiary/aromatic N) is 3. The van der Waals surface area contributed by atoms with Gasteiger partial charge in [-0.05, 0) is 35.4 Å². The minimum Gasteiger partial charge on any atom is -0.374 e. The maximum absolute atomic E-state index is 14.9. The van der Waals surface area contributed by atoms with Crippen LogP contribution in [0.25, 0.3) is 11.0 Å². The third kappa shape index (κ3) is 5.64. The van der Waals surface area contributed by atoms with E-state index in [2.05, 4.69) is 15.9 Å². The normalized spacial score (nSPS) is 22.6. The van der Waals surface area contributed by atoms with Crippen LogP contribution in [0.4, 0.5) is 4.39 Å². The molecule has 7 nitrogen and oxygen atoms in total. The number of benzene rings is 2. The van der Waals surface area contributed by atoms with E-state index < -0.39 is 29.9 Å². The molecule has 0 aliphatic carbocycles. The Bertz CT molecular complexity index is 1610. The lowest BCUT2D eigenvalue weighted by atomic mass is 9.94. The molecule has 0 bridgehead atoms. The average molecular weight is 646 g/mol. The number of ether oxygens (including phenoxy) is 3. The van der Waals surface area contributed by atoms with Crippen molar-refractivity contribution in [2.75, 3.05) is 6.61 Å². The molecule has 0 spiro atoms. The van der Waals surface area contributed by atoms with Gasteiger partial charge in [-0.1, -0.05) is 76.1 Å². The van der Waals surface area contributed by atoms with Gasteiger partial charge in [0.15, 0.2) is 17.6 Å². The molecule has 2 aromatic carbocycles. The number of hydrogen-bond acceptors (Lipinski definition) is 6. The molecule has 5 rings (SSSR count). The standard InChI is InChI=1S/C27H19Cl5FN3O4/c1-2-27(37)23(39-11-15-4-6-17(29)8-19(15)31)21(12-38-10-14-3-5-16(28)7-18(14)30)40-26(27)36-9-20(33)22-24(32)34-13-35-25(22)36/h1,3-9,13,21,23,26,37H,10-12H2/t21-,23-,26-,27-/m1/s1. The molecule has 0 radical (unpaired) electrons. The third-order valence-electron chi connectivity index (χ3n) is 6.44. The van der Waals surface area contributed by atoms with E-state index in [4.69, 9.17) is 78.6 Å². The van der Waals surface area contributed by atoms with Crippen molar-refractivity contribution in [3.63, 3.8) is 0 Å². The minimum absolute atomic E-state index is 0.0466. The second-order valence-corrected chi connectivity index (χ2v) is 11.0. The number of fused-ring (bicyclic) bond motifs is 1. The fourth-order valence-electron chi connectivity index (χ4n) is 4.48. The summed E-state index contributed by atoms with van der Waals surface area (Å²) in [7, 11) is 0. The number of hydrogen-bond donors (Lipinski definition) is 1. The highest BCUT2D eigenvalue weighted by Gasteiger charge is 2.57. The first-order chi connectivity index (χ1) is 19.1. The van der Waals surface area contributed by atoms with Crippen molar-refractivity contribution >= 4 is 69.0 Å². The topological polar surface area (TPSA) is 78.6 Å². The van der Waals surface area contributed by atoms with Crippen LogP contribution in [0.2, 0.25) is 25.2 Å². The van der Waals surface area contributed by atoms with Crippen molar-refractivity contribution in [1.82, 2.24) is 14.5 Å². The molecule has 1 saturated heterocycles. The van der Waals surface area contributed by atoms with Crippen LogP contribution in [0, 0.1) is 18.2 Å². The van der Waals surface area contributed by atoms with E-state index in [1.165, 1.54) is 4.57 Å². The lowest BCUT2D eigenvalue weighted by Gasteiger charge is -2.29. The summed E-state index contributed by atoms with van der Waals surface area (Å²) in [5.74, 6) is 1.66. The zero-order valence-corrected chi connectivity index (χ0v) is 24.1. The van der Waals surface area contributed by atoms with E-state index in [0.29, 0.717) is 31.2 Å². The largest absolute Gasteiger partial charge is 0.374 e. The van der Waals surface area contributed by atoms with E-state index in [9.17, 15) is 9.50 Å². The highest BCUT2D eigenvalue weighted by Crippen LogP contribution is 2.43. The smallest absolute Gasteiger partial charge is 0.199 e. The Hall–Kier alpha value is -2.16. The molecule has 0 saturated carbocycles. The van der Waals surface area contributed by atoms with Crippen LogP contribution < -0.4 is 0 Å². The van der Waals surface area contributed by atoms with Crippen LogP contribution in [-0.4, -0.2) is 44.1 Å². The van der Waals surface area contributed by atoms with Gasteiger partial charge < -0.3 is 19.3 Å². The predicted octanol–water partition coefficient (Wildman–Crippen LogP) is 6.90. The van der Waals surface area contributed by atoms with E-state index in [-0.39, 0.29) is 36.0 Å². The van der Waals surface area contributed by atoms with Crippen LogP contribution in [0.1, 0.15) is 17.4 Å². The molecule has 4 atom stereocenters. The molecule has 208 valence electrons. The Morgan fingerprint density at radius 3 is 2.30 bits per heavy atom. The fraction of sp³-hybridized carbons (Fsp3) is 0.259. The number of halogens is 6. The fourth-order valence-corrected chi connectivity index (χ4v) is 5.63. The minimum atomic E-state index is -2.10. The van der Waals surface area contributed by atoms with Crippen molar-refractivity contribution < 1.29 is 23.7 Å². The molecule has 4 aromatic rings. The van der Waals surface area contributed by atoms with E-state index >= 15 is 0 Å². The summed E-state index contributed by atoms with van der Waals surface area (Å²) in [6, 6.07) is 9.93. The first-order valence-corrected chi connectivity index (χ1v) is 13.6. The van der Waals surface area contributed by atoms with Gasteiger partial charge in [-0.2, -0.15) is 0 Å². The predicted molar refractivity (Wildman–Crippen MR) is 151 cm³/mol. The number of aliphatic hydroxyl groups is 1. The summed E-state index contributed by atoms with van der Waals surface area (Å²) in [6.07, 6.45) is 4.72. The molecule has 2 aromatic heterocycles. The van der Waals surface area contributed by atoms with Gasteiger partial charge in [0.2, 0.25) is 0 Å². The summed E-state index contributed by atoms with van der Waals surface area (Å²) < 4.78 is 34.4. The summed E-state index contributed by atoms with van der Waals surface area (Å²) in [4.78, 5) is 7.96. The first kappa shape index (κ1) is 29.3. The second kappa shape index (κ2) is 12.0. The summed E-state index contributed by atoms with van der Waals surface area (Å²) in [5.41, 5.74) is -0.743. The van der Waals surface area contributed by atoms with Gasteiger partial charge in [0.25, 0.3) is 0 Å². The SMILES string of the molecule is C#C[C@@]1(O)[C@H](OCc2ccc(Cl)cc2Cl)[C@@H](COCc2ccc(Cl)cc2Cl)O[C@H]1n1cc(F)c2c(Cl)ncnc21. The van der Waals surface area contributed by atoms with E-state index in [1.54, 1.807) is 36.4 Å². The van der Waals surface area contributed by atoms with Crippen molar-refractivity contribution in [2.24, 2.45) is 0 Å². The maximum atomic E-state index is 14.9. The van der Waals surface area contributed by atoms with Crippen LogP contribution in [0.3, 0.4) is 0 Å². The first-order valence-electron chi connectivity index (χ1n) is 11.7. The molecular weight excluding hydrogens is 627 g/mol. The molecule has 13 heteroatoms. The van der Waals surface area contributed by atoms with Crippen molar-refractivity contribution in [3.8, 4) is 12.3 Å². The number of rotatable bonds is 8. The lowest BCUT2D eigenvalue weighted by Crippen LogP contribution is -2.47. The van der Waals surface area contributed by atoms with Crippen LogP contribution in [-0.2, 0) is 27.4 Å². The van der Waals surface area contributed by atoms with Gasteiger partial charge in [0.05, 0.1) is 25.2 Å². The lowest BCUT2D eigenvalue weighted by molar-refractivity contribution is -0.0898. The van der Waals surface area contributed by atoms with Gasteiger partial charge in [0, 0.05) is 26.3 Å². The van der Waals surface area contributed by atoms with Gasteiger partial charge in [-0.15, -0.1) is 6.42 Å². The second-order valence-electron chi connectivity index (χ2n) is 8.96. The monoisotopic (exact) mass is 643 g/mol. The Kier molecular flexibility index (Phi) is 8.79. The summed E-state index contributed by atoms with van der Waals surface area (Å²) in [5, 5.41) is 13.4. The molecular formula is C27H19Cl5FN3O4. The van der Waals surface area contributed by atoms with Crippen molar-refractivity contribution in [1.29, 1.82) is 0 Å².